The van der Waals surface area contributed by atoms with E-state index in [9.17, 15) is 27.6 Å². The number of thioether (sulfide) groups is 1. The van der Waals surface area contributed by atoms with E-state index in [1.165, 1.54) is 32.0 Å². The van der Waals surface area contributed by atoms with Gasteiger partial charge in [0, 0.05) is 26.7 Å². The molecular formula is C22H19F3N2O6S2. The van der Waals surface area contributed by atoms with Crippen LogP contribution in [0, 0.1) is 0 Å². The highest BCUT2D eigenvalue weighted by Gasteiger charge is 2.40. The SMILES string of the molecule is COC(=O)c1sc2cc(SCC(=O)Nc3ccc(OC)c(OC)c3)ccc2c1NC(=O)C(F)(F)F. The molecule has 8 nitrogen and oxygen atoms in total. The van der Waals surface area contributed by atoms with Gasteiger partial charge in [-0.05, 0) is 24.3 Å². The molecule has 2 N–H and O–H groups in total. The number of nitrogens with one attached hydrogen (secondary N) is 2. The third-order valence-corrected chi connectivity index (χ3v) is 6.69. The number of hydrogen-bond acceptors (Lipinski definition) is 8. The second-order valence-corrected chi connectivity index (χ2v) is 8.92. The molecule has 0 unspecified atom stereocenters. The van der Waals surface area contributed by atoms with Crippen molar-refractivity contribution >= 4 is 62.3 Å². The van der Waals surface area contributed by atoms with E-state index in [1.807, 2.05) is 0 Å². The van der Waals surface area contributed by atoms with Crippen LogP contribution in [0.4, 0.5) is 24.5 Å². The summed E-state index contributed by atoms with van der Waals surface area (Å²) in [4.78, 5) is 36.4. The standard InChI is InChI=1S/C22H19F3N2O6S2/c1-31-14-7-4-11(8-15(14)32-2)26-17(28)10-34-12-5-6-13-16(9-12)35-19(20(29)33-3)18(13)27-21(30)22(23,24)25/h4-9H,10H2,1-3H3,(H,26,28)(H,27,30). The van der Waals surface area contributed by atoms with Gasteiger partial charge in [0.15, 0.2) is 11.5 Å². The van der Waals surface area contributed by atoms with Crippen molar-refractivity contribution in [1.29, 1.82) is 0 Å². The maximum atomic E-state index is 12.8. The van der Waals surface area contributed by atoms with Crippen LogP contribution in [-0.2, 0) is 14.3 Å². The molecule has 0 aliphatic heterocycles. The van der Waals surface area contributed by atoms with Gasteiger partial charge in [0.05, 0.1) is 32.8 Å². The number of esters is 1. The zero-order valence-corrected chi connectivity index (χ0v) is 20.2. The molecule has 0 spiro atoms. The quantitative estimate of drug-likeness (QED) is 0.316. The summed E-state index contributed by atoms with van der Waals surface area (Å²) in [5, 5.41) is 4.74. The Morgan fingerprint density at radius 3 is 2.31 bits per heavy atom. The van der Waals surface area contributed by atoms with Gasteiger partial charge in [-0.25, -0.2) is 4.79 Å². The number of halogens is 3. The van der Waals surface area contributed by atoms with Gasteiger partial charge in [-0.1, -0.05) is 6.07 Å². The number of benzene rings is 2. The van der Waals surface area contributed by atoms with Crippen LogP contribution in [0.25, 0.3) is 10.1 Å². The number of carbonyl (C=O) groups is 3. The monoisotopic (exact) mass is 528 g/mol. The Bertz CT molecular complexity index is 1280. The predicted octanol–water partition coefficient (Wildman–Crippen LogP) is 4.94. The van der Waals surface area contributed by atoms with E-state index < -0.39 is 18.1 Å². The molecule has 2 amide bonds. The van der Waals surface area contributed by atoms with Gasteiger partial charge >= 0.3 is 18.1 Å². The van der Waals surface area contributed by atoms with Gasteiger partial charge in [0.25, 0.3) is 0 Å². The summed E-state index contributed by atoms with van der Waals surface area (Å²) >= 11 is 2.05. The zero-order valence-electron chi connectivity index (χ0n) is 18.6. The summed E-state index contributed by atoms with van der Waals surface area (Å²) in [7, 11) is 4.06. The number of hydrogen-bond donors (Lipinski definition) is 2. The van der Waals surface area contributed by atoms with Crippen LogP contribution < -0.4 is 20.1 Å². The highest BCUT2D eigenvalue weighted by Crippen LogP contribution is 2.39. The van der Waals surface area contributed by atoms with Gasteiger partial charge in [-0.15, -0.1) is 23.1 Å². The number of amides is 2. The third kappa shape index (κ3) is 6.17. The lowest BCUT2D eigenvalue weighted by Gasteiger charge is -2.10. The minimum atomic E-state index is -5.13. The molecule has 186 valence electrons. The summed E-state index contributed by atoms with van der Waals surface area (Å²) in [6.07, 6.45) is -5.13. The first-order chi connectivity index (χ1) is 16.6. The fourth-order valence-corrected chi connectivity index (χ4v) is 4.90. The average Bonchev–Trinajstić information content (AvgIpc) is 3.19. The summed E-state index contributed by atoms with van der Waals surface area (Å²) in [5.74, 6) is -2.38. The van der Waals surface area contributed by atoms with Crippen LogP contribution in [-0.4, -0.2) is 51.0 Å². The molecule has 0 aliphatic carbocycles. The third-order valence-electron chi connectivity index (χ3n) is 4.57. The molecule has 0 atom stereocenters. The molecule has 3 rings (SSSR count). The minimum absolute atomic E-state index is 0.0345. The van der Waals surface area contributed by atoms with Crippen molar-refractivity contribution in [1.82, 2.24) is 0 Å². The van der Waals surface area contributed by atoms with Crippen LogP contribution in [0.1, 0.15) is 9.67 Å². The van der Waals surface area contributed by atoms with Gasteiger partial charge in [-0.2, -0.15) is 13.2 Å². The Labute approximate surface area is 205 Å². The first kappa shape index (κ1) is 26.2. The molecular weight excluding hydrogens is 509 g/mol. The van der Waals surface area contributed by atoms with E-state index in [2.05, 4.69) is 10.1 Å². The van der Waals surface area contributed by atoms with E-state index in [1.54, 1.807) is 35.6 Å². The van der Waals surface area contributed by atoms with Crippen LogP contribution in [0.5, 0.6) is 11.5 Å². The van der Waals surface area contributed by atoms with Crippen molar-refractivity contribution in [2.24, 2.45) is 0 Å². The first-order valence-electron chi connectivity index (χ1n) is 9.75. The van der Waals surface area contributed by atoms with Crippen LogP contribution >= 0.6 is 23.1 Å². The topological polar surface area (TPSA) is 103 Å². The molecule has 0 radical (unpaired) electrons. The molecule has 0 saturated carbocycles. The molecule has 13 heteroatoms. The van der Waals surface area contributed by atoms with Gasteiger partial charge in [-0.3, -0.25) is 9.59 Å². The number of carbonyl (C=O) groups excluding carboxylic acids is 3. The molecule has 0 fully saturated rings. The van der Waals surface area contributed by atoms with Crippen LogP contribution in [0.3, 0.4) is 0 Å². The van der Waals surface area contributed by atoms with Crippen molar-refractivity contribution in [3.63, 3.8) is 0 Å². The number of alkyl halides is 3. The number of anilines is 2. The number of thiophene rings is 1. The Balaban J connectivity index is 1.76. The summed E-state index contributed by atoms with van der Waals surface area (Å²) < 4.78 is 53.7. The van der Waals surface area contributed by atoms with E-state index in [-0.39, 0.29) is 27.6 Å². The van der Waals surface area contributed by atoms with Gasteiger partial charge in [0.1, 0.15) is 4.88 Å². The maximum absolute atomic E-state index is 12.8. The molecule has 0 aliphatic rings. The molecule has 1 aromatic heterocycles. The largest absolute Gasteiger partial charge is 0.493 e. The molecule has 0 bridgehead atoms. The van der Waals surface area contributed by atoms with Crippen molar-refractivity contribution < 1.29 is 41.8 Å². The second kappa shape index (κ2) is 10.9. The van der Waals surface area contributed by atoms with Gasteiger partial charge in [0.2, 0.25) is 5.91 Å². The van der Waals surface area contributed by atoms with Crippen molar-refractivity contribution in [3.8, 4) is 11.5 Å². The first-order valence-corrected chi connectivity index (χ1v) is 11.5. The van der Waals surface area contributed by atoms with Gasteiger partial charge < -0.3 is 24.8 Å². The van der Waals surface area contributed by atoms with Crippen molar-refractivity contribution in [2.75, 3.05) is 37.7 Å². The number of methoxy groups -OCH3 is 3. The molecule has 2 aromatic carbocycles. The van der Waals surface area contributed by atoms with E-state index >= 15 is 0 Å². The van der Waals surface area contributed by atoms with Crippen LogP contribution in [0.15, 0.2) is 41.3 Å². The lowest BCUT2D eigenvalue weighted by molar-refractivity contribution is -0.167. The molecule has 3 aromatic rings. The Morgan fingerprint density at radius 2 is 1.69 bits per heavy atom. The smallest absolute Gasteiger partial charge is 0.471 e. The van der Waals surface area contributed by atoms with Crippen molar-refractivity contribution in [2.45, 2.75) is 11.1 Å². The number of ether oxygens (including phenoxy) is 3. The second-order valence-electron chi connectivity index (χ2n) is 6.81. The summed E-state index contributed by atoms with van der Waals surface area (Å²) in [5.41, 5.74) is 0.233. The average molecular weight is 529 g/mol. The Kier molecular flexibility index (Phi) is 8.12. The van der Waals surface area contributed by atoms with E-state index in [0.29, 0.717) is 26.8 Å². The van der Waals surface area contributed by atoms with Crippen molar-refractivity contribution in [3.05, 3.63) is 41.3 Å². The fourth-order valence-electron chi connectivity index (χ4n) is 2.97. The van der Waals surface area contributed by atoms with E-state index in [0.717, 1.165) is 18.4 Å². The highest BCUT2D eigenvalue weighted by molar-refractivity contribution is 8.00. The lowest BCUT2D eigenvalue weighted by Crippen LogP contribution is -2.30. The fraction of sp³-hybridized carbons (Fsp3) is 0.227. The highest BCUT2D eigenvalue weighted by atomic mass is 32.2. The Morgan fingerprint density at radius 1 is 0.971 bits per heavy atom. The summed E-state index contributed by atoms with van der Waals surface area (Å²) in [6, 6.07) is 9.59. The number of rotatable bonds is 8. The predicted molar refractivity (Wildman–Crippen MR) is 127 cm³/mol. The molecule has 0 saturated heterocycles. The maximum Gasteiger partial charge on any atom is 0.471 e. The summed E-state index contributed by atoms with van der Waals surface area (Å²) in [6.45, 7) is 0. The minimum Gasteiger partial charge on any atom is -0.493 e. The van der Waals surface area contributed by atoms with E-state index in [4.69, 9.17) is 9.47 Å². The Hall–Kier alpha value is -3.45. The van der Waals surface area contributed by atoms with Crippen LogP contribution in [0.2, 0.25) is 0 Å². The molecule has 35 heavy (non-hydrogen) atoms. The lowest BCUT2D eigenvalue weighted by atomic mass is 10.2. The normalized spacial score (nSPS) is 11.1. The molecule has 1 heterocycles. The number of fused-ring (bicyclic) bond motifs is 1. The zero-order chi connectivity index (χ0) is 25.8.